The van der Waals surface area contributed by atoms with Crippen LogP contribution in [-0.4, -0.2) is 77.7 Å². The number of fused-ring (bicyclic) bond motifs is 3. The van der Waals surface area contributed by atoms with E-state index in [0.29, 0.717) is 19.1 Å². The van der Waals surface area contributed by atoms with E-state index in [1.54, 1.807) is 4.90 Å². The number of alkyl carbamates (subject to hydrolysis) is 1. The minimum Gasteiger partial charge on any atom is -0.481 e. The predicted molar refractivity (Wildman–Crippen MR) is 132 cm³/mol. The number of carboxylic acid groups (broad SMARTS) is 1. The maximum atomic E-state index is 13.1. The second-order valence-corrected chi connectivity index (χ2v) is 9.07. The van der Waals surface area contributed by atoms with Gasteiger partial charge in [0, 0.05) is 31.5 Å². The number of carbonyl (C=O) groups excluding carboxylic acids is 2. The summed E-state index contributed by atoms with van der Waals surface area (Å²) < 4.78 is 5.58. The van der Waals surface area contributed by atoms with Crippen LogP contribution in [0.3, 0.4) is 0 Å². The molecule has 186 valence electrons. The van der Waals surface area contributed by atoms with Crippen molar-refractivity contribution in [2.75, 3.05) is 32.8 Å². The number of ether oxygens (including phenoxy) is 1. The highest BCUT2D eigenvalue weighted by Gasteiger charge is 2.37. The molecule has 0 aromatic heterocycles. The molecule has 8 nitrogen and oxygen atoms in total. The smallest absolute Gasteiger partial charge is 0.407 e. The highest BCUT2D eigenvalue weighted by Crippen LogP contribution is 2.44. The normalized spacial score (nSPS) is 15.8. The Morgan fingerprint density at radius 3 is 2.14 bits per heavy atom. The average Bonchev–Trinajstić information content (AvgIpc) is 3.15. The van der Waals surface area contributed by atoms with Gasteiger partial charge >= 0.3 is 12.1 Å². The van der Waals surface area contributed by atoms with E-state index < -0.39 is 18.1 Å². The average molecular weight is 480 g/mol. The van der Waals surface area contributed by atoms with Crippen LogP contribution < -0.4 is 5.32 Å². The van der Waals surface area contributed by atoms with Crippen LogP contribution in [0.5, 0.6) is 0 Å². The van der Waals surface area contributed by atoms with Crippen LogP contribution in [0.4, 0.5) is 4.79 Å². The molecule has 2 aliphatic rings. The molecular weight excluding hydrogens is 446 g/mol. The molecule has 1 atom stereocenters. The third kappa shape index (κ3) is 5.32. The fraction of sp³-hybridized carbons (Fsp3) is 0.444. The van der Waals surface area contributed by atoms with Crippen molar-refractivity contribution in [2.45, 2.75) is 44.7 Å². The summed E-state index contributed by atoms with van der Waals surface area (Å²) in [6.45, 7) is 7.28. The molecule has 1 saturated heterocycles. The van der Waals surface area contributed by atoms with Crippen LogP contribution in [0.1, 0.15) is 43.7 Å². The lowest BCUT2D eigenvalue weighted by molar-refractivity contribution is -0.141. The molecule has 1 aliphatic heterocycles. The number of likely N-dealkylation sites (tertiary alicyclic amines) is 1. The Balaban J connectivity index is 1.38. The largest absolute Gasteiger partial charge is 0.481 e. The fourth-order valence-electron chi connectivity index (χ4n) is 5.13. The number of carbonyl (C=O) groups is 3. The molecule has 0 saturated carbocycles. The van der Waals surface area contributed by atoms with Crippen LogP contribution >= 0.6 is 0 Å². The van der Waals surface area contributed by atoms with Gasteiger partial charge in [0.2, 0.25) is 5.91 Å². The van der Waals surface area contributed by atoms with Crippen molar-refractivity contribution >= 4 is 18.0 Å². The molecule has 1 fully saturated rings. The fourth-order valence-corrected chi connectivity index (χ4v) is 5.13. The summed E-state index contributed by atoms with van der Waals surface area (Å²) in [5, 5.41) is 11.8. The first-order valence-corrected chi connectivity index (χ1v) is 12.3. The summed E-state index contributed by atoms with van der Waals surface area (Å²) in [6.07, 6.45) is -0.908. The summed E-state index contributed by atoms with van der Waals surface area (Å²) in [5.74, 6) is -1.36. The van der Waals surface area contributed by atoms with Gasteiger partial charge in [0.15, 0.2) is 0 Å². The number of amides is 2. The minimum atomic E-state index is -1.01. The Hall–Kier alpha value is -3.39. The zero-order valence-electron chi connectivity index (χ0n) is 20.3. The first kappa shape index (κ1) is 24.7. The zero-order chi connectivity index (χ0) is 24.9. The van der Waals surface area contributed by atoms with Gasteiger partial charge in [0.1, 0.15) is 12.6 Å². The van der Waals surface area contributed by atoms with Gasteiger partial charge in [-0.3, -0.25) is 14.5 Å². The third-order valence-corrected chi connectivity index (χ3v) is 7.08. The van der Waals surface area contributed by atoms with Crippen molar-refractivity contribution in [3.8, 4) is 11.1 Å². The Morgan fingerprint density at radius 1 is 1.03 bits per heavy atom. The first-order valence-electron chi connectivity index (χ1n) is 12.3. The van der Waals surface area contributed by atoms with Gasteiger partial charge in [-0.15, -0.1) is 0 Å². The lowest BCUT2D eigenvalue weighted by atomic mass is 9.98. The first-order chi connectivity index (χ1) is 16.9. The number of nitrogens with one attached hydrogen (secondary N) is 1. The predicted octanol–water partition coefficient (Wildman–Crippen LogP) is 3.31. The van der Waals surface area contributed by atoms with Gasteiger partial charge in [-0.05, 0) is 41.8 Å². The summed E-state index contributed by atoms with van der Waals surface area (Å²) in [7, 11) is 0. The molecule has 0 radical (unpaired) electrons. The molecule has 8 heteroatoms. The van der Waals surface area contributed by atoms with Gasteiger partial charge < -0.3 is 20.1 Å². The number of aliphatic carboxylic acids is 1. The molecule has 1 heterocycles. The molecule has 1 unspecified atom stereocenters. The molecule has 35 heavy (non-hydrogen) atoms. The Morgan fingerprint density at radius 2 is 1.60 bits per heavy atom. The molecule has 4 rings (SSSR count). The van der Waals surface area contributed by atoms with E-state index in [9.17, 15) is 14.4 Å². The van der Waals surface area contributed by atoms with Crippen molar-refractivity contribution in [1.82, 2.24) is 15.1 Å². The molecule has 0 bridgehead atoms. The second kappa shape index (κ2) is 10.9. The van der Waals surface area contributed by atoms with Gasteiger partial charge in [-0.1, -0.05) is 62.4 Å². The monoisotopic (exact) mass is 479 g/mol. The van der Waals surface area contributed by atoms with E-state index in [1.807, 2.05) is 36.4 Å². The van der Waals surface area contributed by atoms with Crippen molar-refractivity contribution in [3.63, 3.8) is 0 Å². The summed E-state index contributed by atoms with van der Waals surface area (Å²) in [6, 6.07) is 15.5. The van der Waals surface area contributed by atoms with Crippen molar-refractivity contribution < 1.29 is 24.2 Å². The third-order valence-electron chi connectivity index (χ3n) is 7.08. The molecule has 0 spiro atoms. The lowest BCUT2D eigenvalue weighted by Crippen LogP contribution is -2.64. The molecule has 2 amide bonds. The standard InChI is InChI=1S/C27H33N3O5/c1-3-29(4-2)18-15-30(16-18)26(33)24(13-14-25(31)32)28-27(34)35-17-23-21-11-7-5-9-19(21)20-10-6-8-12-22(20)23/h5-12,18,23-24H,3-4,13-17H2,1-2H3,(H,28,34)(H,31,32). The van der Waals surface area contributed by atoms with E-state index in [-0.39, 0.29) is 31.3 Å². The second-order valence-electron chi connectivity index (χ2n) is 9.07. The Kier molecular flexibility index (Phi) is 7.70. The lowest BCUT2D eigenvalue weighted by Gasteiger charge is -2.46. The number of hydrogen-bond acceptors (Lipinski definition) is 5. The zero-order valence-corrected chi connectivity index (χ0v) is 20.3. The highest BCUT2D eigenvalue weighted by atomic mass is 16.5. The number of rotatable bonds is 10. The van der Waals surface area contributed by atoms with E-state index >= 15 is 0 Å². The van der Waals surface area contributed by atoms with Gasteiger partial charge in [-0.25, -0.2) is 4.79 Å². The van der Waals surface area contributed by atoms with Crippen LogP contribution in [0.15, 0.2) is 48.5 Å². The van der Waals surface area contributed by atoms with Crippen molar-refractivity contribution in [3.05, 3.63) is 59.7 Å². The molecule has 1 aliphatic carbocycles. The number of benzene rings is 2. The molecule has 2 aromatic carbocycles. The maximum Gasteiger partial charge on any atom is 0.407 e. The summed E-state index contributed by atoms with van der Waals surface area (Å²) in [4.78, 5) is 40.9. The number of hydrogen-bond donors (Lipinski definition) is 2. The molecule has 2 aromatic rings. The summed E-state index contributed by atoms with van der Waals surface area (Å²) >= 11 is 0. The maximum absolute atomic E-state index is 13.1. The van der Waals surface area contributed by atoms with Gasteiger partial charge in [0.25, 0.3) is 0 Å². The van der Waals surface area contributed by atoms with E-state index in [2.05, 4.69) is 36.2 Å². The van der Waals surface area contributed by atoms with Crippen LogP contribution in [-0.2, 0) is 14.3 Å². The van der Waals surface area contributed by atoms with Gasteiger partial charge in [0.05, 0.1) is 0 Å². The number of nitrogens with zero attached hydrogens (tertiary/aromatic N) is 2. The Labute approximate surface area is 205 Å². The molecule has 2 N–H and O–H groups in total. The van der Waals surface area contributed by atoms with Crippen LogP contribution in [0, 0.1) is 0 Å². The highest BCUT2D eigenvalue weighted by molar-refractivity contribution is 5.87. The SMILES string of the molecule is CCN(CC)C1CN(C(=O)C(CCC(=O)O)NC(=O)OCC2c3ccccc3-c3ccccc32)C1. The van der Waals surface area contributed by atoms with Crippen LogP contribution in [0.25, 0.3) is 11.1 Å². The Bertz CT molecular complexity index is 1030. The van der Waals surface area contributed by atoms with Gasteiger partial charge in [-0.2, -0.15) is 0 Å². The minimum absolute atomic E-state index is 0.0186. The van der Waals surface area contributed by atoms with E-state index in [1.165, 1.54) is 0 Å². The van der Waals surface area contributed by atoms with Crippen LogP contribution in [0.2, 0.25) is 0 Å². The number of carboxylic acids is 1. The summed E-state index contributed by atoms with van der Waals surface area (Å²) in [5.41, 5.74) is 4.46. The van der Waals surface area contributed by atoms with E-state index in [4.69, 9.17) is 9.84 Å². The number of likely N-dealkylation sites (N-methyl/N-ethyl adjacent to an activating group) is 1. The topological polar surface area (TPSA) is 99.2 Å². The molecular formula is C27H33N3O5. The van der Waals surface area contributed by atoms with Crippen molar-refractivity contribution in [1.29, 1.82) is 0 Å². The quantitative estimate of drug-likeness (QED) is 0.543. The van der Waals surface area contributed by atoms with Crippen molar-refractivity contribution in [2.24, 2.45) is 0 Å². The van der Waals surface area contributed by atoms with E-state index in [0.717, 1.165) is 35.3 Å².